The lowest BCUT2D eigenvalue weighted by Crippen LogP contribution is -2.45. The molecular formula is C28H31ClN2O5S. The Bertz CT molecular complexity index is 1420. The van der Waals surface area contributed by atoms with Crippen molar-refractivity contribution >= 4 is 33.2 Å². The van der Waals surface area contributed by atoms with E-state index in [0.717, 1.165) is 15.4 Å². The number of carbonyl (C=O) groups excluding carboxylic acids is 1. The number of fused-ring (bicyclic) bond motifs is 1. The molecule has 7 nitrogen and oxygen atoms in total. The normalized spacial score (nSPS) is 16.3. The SMILES string of the molecule is COc1ccc2c(c1)OC(C)(C)CC2NC(=O)CN(c1cccc(Cl)c1C)S(=O)(=O)c1ccc(C)cc1. The third-order valence-electron chi connectivity index (χ3n) is 6.42. The van der Waals surface area contributed by atoms with Crippen LogP contribution in [-0.4, -0.2) is 33.6 Å². The highest BCUT2D eigenvalue weighted by Gasteiger charge is 2.36. The first-order valence-electron chi connectivity index (χ1n) is 11.9. The zero-order valence-electron chi connectivity index (χ0n) is 21.5. The summed E-state index contributed by atoms with van der Waals surface area (Å²) in [5.74, 6) is 0.823. The maximum atomic E-state index is 13.8. The first-order valence-corrected chi connectivity index (χ1v) is 13.7. The Morgan fingerprint density at radius 3 is 2.51 bits per heavy atom. The molecular weight excluding hydrogens is 512 g/mol. The van der Waals surface area contributed by atoms with Crippen LogP contribution >= 0.6 is 11.6 Å². The second-order valence-corrected chi connectivity index (χ2v) is 12.1. The van der Waals surface area contributed by atoms with E-state index in [9.17, 15) is 13.2 Å². The van der Waals surface area contributed by atoms with Crippen LogP contribution < -0.4 is 19.1 Å². The number of methoxy groups -OCH3 is 1. The summed E-state index contributed by atoms with van der Waals surface area (Å²) in [5.41, 5.74) is 2.10. The molecule has 0 saturated heterocycles. The van der Waals surface area contributed by atoms with Crippen molar-refractivity contribution in [3.8, 4) is 11.5 Å². The van der Waals surface area contributed by atoms with Gasteiger partial charge >= 0.3 is 0 Å². The number of amides is 1. The first-order chi connectivity index (χ1) is 17.4. The zero-order chi connectivity index (χ0) is 27.0. The number of nitrogens with one attached hydrogen (secondary N) is 1. The maximum absolute atomic E-state index is 13.8. The molecule has 1 atom stereocenters. The van der Waals surface area contributed by atoms with Gasteiger partial charge < -0.3 is 14.8 Å². The third kappa shape index (κ3) is 5.70. The van der Waals surface area contributed by atoms with Crippen molar-refractivity contribution in [2.75, 3.05) is 18.0 Å². The van der Waals surface area contributed by atoms with Crippen molar-refractivity contribution in [2.45, 2.75) is 50.7 Å². The van der Waals surface area contributed by atoms with Gasteiger partial charge in [0.15, 0.2) is 0 Å². The van der Waals surface area contributed by atoms with Crippen LogP contribution in [0.3, 0.4) is 0 Å². The van der Waals surface area contributed by atoms with Gasteiger partial charge in [0.1, 0.15) is 23.6 Å². The molecule has 37 heavy (non-hydrogen) atoms. The molecule has 0 saturated carbocycles. The molecule has 0 radical (unpaired) electrons. The van der Waals surface area contributed by atoms with Crippen LogP contribution in [-0.2, 0) is 14.8 Å². The number of aryl methyl sites for hydroxylation is 1. The molecule has 1 aliphatic rings. The number of nitrogens with zero attached hydrogens (tertiary/aromatic N) is 1. The molecule has 1 N–H and O–H groups in total. The smallest absolute Gasteiger partial charge is 0.264 e. The van der Waals surface area contributed by atoms with E-state index >= 15 is 0 Å². The monoisotopic (exact) mass is 542 g/mol. The predicted octanol–water partition coefficient (Wildman–Crippen LogP) is 5.58. The number of hydrogen-bond donors (Lipinski definition) is 1. The molecule has 0 aromatic heterocycles. The van der Waals surface area contributed by atoms with Crippen molar-refractivity contribution < 1.29 is 22.7 Å². The average Bonchev–Trinajstić information content (AvgIpc) is 2.83. The van der Waals surface area contributed by atoms with E-state index < -0.39 is 28.1 Å². The van der Waals surface area contributed by atoms with E-state index in [0.29, 0.717) is 34.2 Å². The van der Waals surface area contributed by atoms with Crippen molar-refractivity contribution in [3.05, 3.63) is 82.4 Å². The van der Waals surface area contributed by atoms with Gasteiger partial charge in [-0.2, -0.15) is 0 Å². The number of hydrogen-bond acceptors (Lipinski definition) is 5. The highest BCUT2D eigenvalue weighted by Crippen LogP contribution is 2.41. The molecule has 0 aliphatic carbocycles. The molecule has 9 heteroatoms. The lowest BCUT2D eigenvalue weighted by molar-refractivity contribution is -0.120. The summed E-state index contributed by atoms with van der Waals surface area (Å²) in [6.07, 6.45) is 0.513. The van der Waals surface area contributed by atoms with Gasteiger partial charge in [-0.15, -0.1) is 0 Å². The highest BCUT2D eigenvalue weighted by atomic mass is 35.5. The molecule has 0 fully saturated rings. The topological polar surface area (TPSA) is 84.9 Å². The molecule has 196 valence electrons. The third-order valence-corrected chi connectivity index (χ3v) is 8.60. The summed E-state index contributed by atoms with van der Waals surface area (Å²) in [4.78, 5) is 13.5. The van der Waals surface area contributed by atoms with Gasteiger partial charge in [0.25, 0.3) is 10.0 Å². The van der Waals surface area contributed by atoms with E-state index in [-0.39, 0.29) is 10.9 Å². The van der Waals surface area contributed by atoms with E-state index in [1.807, 2.05) is 32.9 Å². The fraction of sp³-hybridized carbons (Fsp3) is 0.321. The van der Waals surface area contributed by atoms with Crippen LogP contribution in [0.4, 0.5) is 5.69 Å². The van der Waals surface area contributed by atoms with Crippen LogP contribution in [0.2, 0.25) is 5.02 Å². The van der Waals surface area contributed by atoms with E-state index in [1.165, 1.54) is 0 Å². The van der Waals surface area contributed by atoms with Gasteiger partial charge in [-0.1, -0.05) is 35.4 Å². The molecule has 3 aromatic rings. The molecule has 3 aromatic carbocycles. The number of rotatable bonds is 7. The quantitative estimate of drug-likeness (QED) is 0.421. The van der Waals surface area contributed by atoms with Gasteiger partial charge in [0.2, 0.25) is 5.91 Å². The fourth-order valence-corrected chi connectivity index (χ4v) is 6.11. The second kappa shape index (κ2) is 10.3. The van der Waals surface area contributed by atoms with Crippen molar-refractivity contribution in [3.63, 3.8) is 0 Å². The van der Waals surface area contributed by atoms with Gasteiger partial charge in [-0.25, -0.2) is 8.42 Å². The molecule has 1 amide bonds. The largest absolute Gasteiger partial charge is 0.497 e. The number of benzene rings is 3. The number of sulfonamides is 1. The Hall–Kier alpha value is -3.23. The van der Waals surface area contributed by atoms with E-state index in [2.05, 4.69) is 5.32 Å². The number of halogens is 1. The Balaban J connectivity index is 1.68. The first kappa shape index (κ1) is 26.8. The summed E-state index contributed by atoms with van der Waals surface area (Å²) >= 11 is 6.33. The number of anilines is 1. The minimum absolute atomic E-state index is 0.0925. The van der Waals surface area contributed by atoms with Crippen LogP contribution in [0, 0.1) is 13.8 Å². The number of ether oxygens (including phenoxy) is 2. The summed E-state index contributed by atoms with van der Waals surface area (Å²) in [6.45, 7) is 7.08. The van der Waals surface area contributed by atoms with Crippen molar-refractivity contribution in [1.29, 1.82) is 0 Å². The Morgan fingerprint density at radius 2 is 1.84 bits per heavy atom. The standard InChI is InChI=1S/C28H31ClN2O5S/c1-18-9-12-21(13-10-18)37(33,34)31(25-8-6-7-23(29)19(25)2)17-27(32)30-24-16-28(3,4)36-26-15-20(35-5)11-14-22(24)26/h6-15,24H,16-17H2,1-5H3,(H,30,32). The zero-order valence-corrected chi connectivity index (χ0v) is 23.1. The van der Waals surface area contributed by atoms with Gasteiger partial charge in [-0.05, 0) is 69.7 Å². The highest BCUT2D eigenvalue weighted by molar-refractivity contribution is 7.92. The Morgan fingerprint density at radius 1 is 1.14 bits per heavy atom. The summed E-state index contributed by atoms with van der Waals surface area (Å²) in [6, 6.07) is 16.6. The summed E-state index contributed by atoms with van der Waals surface area (Å²) in [7, 11) is -2.49. The number of carbonyl (C=O) groups is 1. The molecule has 1 aliphatic heterocycles. The average molecular weight is 543 g/mol. The van der Waals surface area contributed by atoms with Crippen LogP contribution in [0.15, 0.2) is 65.6 Å². The van der Waals surface area contributed by atoms with Crippen molar-refractivity contribution in [1.82, 2.24) is 5.32 Å². The summed E-state index contributed by atoms with van der Waals surface area (Å²) in [5, 5.41) is 3.45. The second-order valence-electron chi connectivity index (χ2n) is 9.80. The fourth-order valence-electron chi connectivity index (χ4n) is 4.46. The molecule has 1 heterocycles. The molecule has 0 spiro atoms. The Labute approximate surface area is 223 Å². The molecule has 1 unspecified atom stereocenters. The van der Waals surface area contributed by atoms with Crippen LogP contribution in [0.25, 0.3) is 0 Å². The van der Waals surface area contributed by atoms with Gasteiger partial charge in [-0.3, -0.25) is 9.10 Å². The molecule has 4 rings (SSSR count). The van der Waals surface area contributed by atoms with Crippen molar-refractivity contribution in [2.24, 2.45) is 0 Å². The minimum atomic E-state index is -4.07. The molecule has 0 bridgehead atoms. The summed E-state index contributed by atoms with van der Waals surface area (Å²) < 4.78 is 40.1. The minimum Gasteiger partial charge on any atom is -0.497 e. The Kier molecular flexibility index (Phi) is 7.44. The van der Waals surface area contributed by atoms with Gasteiger partial charge in [0, 0.05) is 23.1 Å². The predicted molar refractivity (Wildman–Crippen MR) is 145 cm³/mol. The lowest BCUT2D eigenvalue weighted by Gasteiger charge is -2.38. The lowest BCUT2D eigenvalue weighted by atomic mass is 9.89. The van der Waals surface area contributed by atoms with Crippen LogP contribution in [0.1, 0.15) is 43.0 Å². The van der Waals surface area contributed by atoms with E-state index in [4.69, 9.17) is 21.1 Å². The maximum Gasteiger partial charge on any atom is 0.264 e. The van der Waals surface area contributed by atoms with E-state index in [1.54, 1.807) is 62.6 Å². The van der Waals surface area contributed by atoms with Crippen LogP contribution in [0.5, 0.6) is 11.5 Å². The van der Waals surface area contributed by atoms with Gasteiger partial charge in [0.05, 0.1) is 23.7 Å².